The van der Waals surface area contributed by atoms with Crippen molar-refractivity contribution in [2.24, 2.45) is 5.92 Å². The average molecular weight is 280 g/mol. The highest BCUT2D eigenvalue weighted by Crippen LogP contribution is 2.15. The average Bonchev–Trinajstić information content (AvgIpc) is 2.84. The van der Waals surface area contributed by atoms with Crippen LogP contribution in [0.3, 0.4) is 0 Å². The summed E-state index contributed by atoms with van der Waals surface area (Å²) in [5.41, 5.74) is 0.604. The summed E-state index contributed by atoms with van der Waals surface area (Å²) < 4.78 is 1.48. The van der Waals surface area contributed by atoms with Crippen LogP contribution in [0.5, 0.6) is 0 Å². The van der Waals surface area contributed by atoms with Crippen molar-refractivity contribution in [3.05, 3.63) is 11.9 Å². The third kappa shape index (κ3) is 4.04. The number of rotatable bonds is 5. The van der Waals surface area contributed by atoms with E-state index in [-0.39, 0.29) is 18.9 Å². The lowest BCUT2D eigenvalue weighted by atomic mass is 10.0. The molecule has 1 aromatic rings. The zero-order valence-electron chi connectivity index (χ0n) is 11.7. The summed E-state index contributed by atoms with van der Waals surface area (Å²) in [7, 11) is 0. The molecule has 1 fully saturated rings. The number of aromatic nitrogens is 3. The molecule has 1 amide bonds. The van der Waals surface area contributed by atoms with Crippen LogP contribution in [-0.4, -0.2) is 50.0 Å². The van der Waals surface area contributed by atoms with Gasteiger partial charge in [0.25, 0.3) is 0 Å². The van der Waals surface area contributed by atoms with E-state index in [1.165, 1.54) is 11.1 Å². The SMILES string of the molecule is CC1CCCN(C(=O)Cn2cc(CCC(=O)O)nn2)C1. The first-order valence-corrected chi connectivity index (χ1v) is 6.93. The summed E-state index contributed by atoms with van der Waals surface area (Å²) in [5, 5.41) is 16.4. The number of piperidine rings is 1. The van der Waals surface area contributed by atoms with E-state index >= 15 is 0 Å². The molecule has 110 valence electrons. The van der Waals surface area contributed by atoms with E-state index in [1.807, 2.05) is 4.90 Å². The molecule has 1 N–H and O–H groups in total. The Hall–Kier alpha value is -1.92. The quantitative estimate of drug-likeness (QED) is 0.851. The lowest BCUT2D eigenvalue weighted by molar-refractivity contribution is -0.137. The number of hydrogen-bond acceptors (Lipinski definition) is 4. The number of aliphatic carboxylic acids is 1. The molecule has 1 atom stereocenters. The van der Waals surface area contributed by atoms with Crippen molar-refractivity contribution in [1.82, 2.24) is 19.9 Å². The van der Waals surface area contributed by atoms with E-state index in [1.54, 1.807) is 6.20 Å². The second kappa shape index (κ2) is 6.49. The normalized spacial score (nSPS) is 19.1. The molecule has 0 radical (unpaired) electrons. The van der Waals surface area contributed by atoms with Crippen LogP contribution < -0.4 is 0 Å². The Morgan fingerprint density at radius 2 is 2.30 bits per heavy atom. The van der Waals surface area contributed by atoms with E-state index < -0.39 is 5.97 Å². The van der Waals surface area contributed by atoms with Crippen LogP contribution in [-0.2, 0) is 22.6 Å². The number of amides is 1. The maximum atomic E-state index is 12.1. The maximum Gasteiger partial charge on any atom is 0.303 e. The van der Waals surface area contributed by atoms with Crippen LogP contribution in [0.1, 0.15) is 31.9 Å². The Labute approximate surface area is 117 Å². The summed E-state index contributed by atoms with van der Waals surface area (Å²) in [5.74, 6) is -0.265. The monoisotopic (exact) mass is 280 g/mol. The van der Waals surface area contributed by atoms with E-state index in [9.17, 15) is 9.59 Å². The number of carboxylic acids is 1. The minimum Gasteiger partial charge on any atom is -0.481 e. The molecule has 2 heterocycles. The maximum absolute atomic E-state index is 12.1. The number of aryl methyl sites for hydroxylation is 1. The zero-order valence-corrected chi connectivity index (χ0v) is 11.7. The molecule has 2 rings (SSSR count). The highest BCUT2D eigenvalue weighted by atomic mass is 16.4. The van der Waals surface area contributed by atoms with E-state index in [0.29, 0.717) is 18.0 Å². The topological polar surface area (TPSA) is 88.3 Å². The molecule has 20 heavy (non-hydrogen) atoms. The predicted octanol–water partition coefficient (Wildman–Crippen LogP) is 0.554. The molecule has 1 aromatic heterocycles. The predicted molar refractivity (Wildman–Crippen MR) is 71.0 cm³/mol. The Balaban J connectivity index is 1.86. The van der Waals surface area contributed by atoms with Gasteiger partial charge in [-0.2, -0.15) is 0 Å². The van der Waals surface area contributed by atoms with Gasteiger partial charge in [0.15, 0.2) is 0 Å². The van der Waals surface area contributed by atoms with Crippen molar-refractivity contribution >= 4 is 11.9 Å². The Bertz CT molecular complexity index is 486. The van der Waals surface area contributed by atoms with Gasteiger partial charge in [-0.05, 0) is 18.8 Å². The first-order chi connectivity index (χ1) is 9.54. The van der Waals surface area contributed by atoms with Crippen molar-refractivity contribution in [2.75, 3.05) is 13.1 Å². The van der Waals surface area contributed by atoms with E-state index in [2.05, 4.69) is 17.2 Å². The summed E-state index contributed by atoms with van der Waals surface area (Å²) >= 11 is 0. The second-order valence-electron chi connectivity index (χ2n) is 5.39. The van der Waals surface area contributed by atoms with Crippen LogP contribution in [0.4, 0.5) is 0 Å². The first kappa shape index (κ1) is 14.5. The van der Waals surface area contributed by atoms with Crippen molar-refractivity contribution < 1.29 is 14.7 Å². The summed E-state index contributed by atoms with van der Waals surface area (Å²) in [6, 6.07) is 0. The molecule has 1 aliphatic rings. The van der Waals surface area contributed by atoms with Gasteiger partial charge in [0.05, 0.1) is 12.1 Å². The van der Waals surface area contributed by atoms with Crippen LogP contribution in [0.25, 0.3) is 0 Å². The lowest BCUT2D eigenvalue weighted by Crippen LogP contribution is -2.40. The fourth-order valence-electron chi connectivity index (χ4n) is 2.42. The summed E-state index contributed by atoms with van der Waals surface area (Å²) in [6.45, 7) is 3.94. The van der Waals surface area contributed by atoms with Gasteiger partial charge in [-0.1, -0.05) is 12.1 Å². The molecule has 0 aromatic carbocycles. The lowest BCUT2D eigenvalue weighted by Gasteiger charge is -2.30. The van der Waals surface area contributed by atoms with Crippen molar-refractivity contribution in [3.63, 3.8) is 0 Å². The fraction of sp³-hybridized carbons (Fsp3) is 0.692. The Morgan fingerprint density at radius 3 is 3.00 bits per heavy atom. The second-order valence-corrected chi connectivity index (χ2v) is 5.39. The van der Waals surface area contributed by atoms with Crippen LogP contribution in [0.2, 0.25) is 0 Å². The highest BCUT2D eigenvalue weighted by molar-refractivity contribution is 5.76. The van der Waals surface area contributed by atoms with Crippen LogP contribution in [0.15, 0.2) is 6.20 Å². The first-order valence-electron chi connectivity index (χ1n) is 6.93. The van der Waals surface area contributed by atoms with E-state index in [0.717, 1.165) is 19.5 Å². The molecule has 1 unspecified atom stereocenters. The van der Waals surface area contributed by atoms with E-state index in [4.69, 9.17) is 5.11 Å². The number of hydrogen-bond donors (Lipinski definition) is 1. The number of carbonyl (C=O) groups is 2. The highest BCUT2D eigenvalue weighted by Gasteiger charge is 2.21. The third-order valence-electron chi connectivity index (χ3n) is 3.49. The van der Waals surface area contributed by atoms with Crippen LogP contribution >= 0.6 is 0 Å². The fourth-order valence-corrected chi connectivity index (χ4v) is 2.42. The van der Waals surface area contributed by atoms with Gasteiger partial charge >= 0.3 is 5.97 Å². The molecule has 1 aliphatic heterocycles. The molecular weight excluding hydrogens is 260 g/mol. The number of carbonyl (C=O) groups excluding carboxylic acids is 1. The molecule has 0 saturated carbocycles. The molecular formula is C13H20N4O3. The molecule has 0 spiro atoms. The van der Waals surface area contributed by atoms with Gasteiger partial charge in [0, 0.05) is 25.7 Å². The molecule has 7 heteroatoms. The number of likely N-dealkylation sites (tertiary alicyclic amines) is 1. The number of nitrogens with zero attached hydrogens (tertiary/aromatic N) is 4. The zero-order chi connectivity index (χ0) is 14.5. The minimum absolute atomic E-state index is 0.0241. The summed E-state index contributed by atoms with van der Waals surface area (Å²) in [6.07, 6.45) is 4.23. The van der Waals surface area contributed by atoms with Gasteiger partial charge in [0.2, 0.25) is 5.91 Å². The standard InChI is InChI=1S/C13H20N4O3/c1-10-3-2-6-16(7-10)12(18)9-17-8-11(14-15-17)4-5-13(19)20/h8,10H,2-7,9H2,1H3,(H,19,20). The Morgan fingerprint density at radius 1 is 1.50 bits per heavy atom. The minimum atomic E-state index is -0.863. The number of carboxylic acid groups (broad SMARTS) is 1. The third-order valence-corrected chi connectivity index (χ3v) is 3.49. The van der Waals surface area contributed by atoms with Gasteiger partial charge < -0.3 is 10.0 Å². The molecule has 0 bridgehead atoms. The Kier molecular flexibility index (Phi) is 4.70. The largest absolute Gasteiger partial charge is 0.481 e. The smallest absolute Gasteiger partial charge is 0.303 e. The van der Waals surface area contributed by atoms with Gasteiger partial charge in [-0.25, -0.2) is 4.68 Å². The van der Waals surface area contributed by atoms with Gasteiger partial charge in [-0.3, -0.25) is 9.59 Å². The van der Waals surface area contributed by atoms with Gasteiger partial charge in [-0.15, -0.1) is 5.10 Å². The van der Waals surface area contributed by atoms with Crippen molar-refractivity contribution in [1.29, 1.82) is 0 Å². The molecule has 7 nitrogen and oxygen atoms in total. The van der Waals surface area contributed by atoms with Crippen molar-refractivity contribution in [3.8, 4) is 0 Å². The van der Waals surface area contributed by atoms with Crippen molar-refractivity contribution in [2.45, 2.75) is 39.2 Å². The summed E-state index contributed by atoms with van der Waals surface area (Å²) in [4.78, 5) is 24.5. The van der Waals surface area contributed by atoms with Crippen LogP contribution in [0, 0.1) is 5.92 Å². The van der Waals surface area contributed by atoms with Gasteiger partial charge in [0.1, 0.15) is 6.54 Å². The molecule has 0 aliphatic carbocycles. The molecule has 1 saturated heterocycles.